The number of hydrogen-bond donors (Lipinski definition) is 2. The van der Waals surface area contributed by atoms with Crippen LogP contribution in [0, 0.1) is 5.82 Å². The van der Waals surface area contributed by atoms with Crippen LogP contribution >= 0.6 is 0 Å². The van der Waals surface area contributed by atoms with Crippen molar-refractivity contribution in [2.24, 2.45) is 0 Å². The predicted octanol–water partition coefficient (Wildman–Crippen LogP) is 2.52. The highest BCUT2D eigenvalue weighted by Crippen LogP contribution is 2.26. The van der Waals surface area contributed by atoms with Gasteiger partial charge in [-0.25, -0.2) is 9.18 Å². The Labute approximate surface area is 151 Å². The Morgan fingerprint density at radius 2 is 1.88 bits per heavy atom. The van der Waals surface area contributed by atoms with Crippen LogP contribution in [0.15, 0.2) is 53.3 Å². The van der Waals surface area contributed by atoms with Gasteiger partial charge < -0.3 is 10.4 Å². The van der Waals surface area contributed by atoms with Gasteiger partial charge in [-0.1, -0.05) is 37.3 Å². The van der Waals surface area contributed by atoms with Crippen molar-refractivity contribution in [2.45, 2.75) is 32.0 Å². The van der Waals surface area contributed by atoms with Crippen LogP contribution in [0.1, 0.15) is 24.9 Å². The third-order valence-electron chi connectivity index (χ3n) is 4.57. The number of nitrogens with one attached hydrogen (secondary N) is 1. The molecule has 0 aliphatic heterocycles. The first kappa shape index (κ1) is 18.4. The number of hydrogen-bond acceptors (Lipinski definition) is 3. The molecule has 0 amide bonds. The molecule has 0 saturated carbocycles. The van der Waals surface area contributed by atoms with E-state index in [0.717, 1.165) is 12.0 Å². The Kier molecular flexibility index (Phi) is 5.54. The fourth-order valence-electron chi connectivity index (χ4n) is 3.48. The highest BCUT2D eigenvalue weighted by molar-refractivity contribution is 5.76. The van der Waals surface area contributed by atoms with E-state index >= 15 is 0 Å². The van der Waals surface area contributed by atoms with Crippen molar-refractivity contribution < 1.29 is 9.50 Å². The maximum absolute atomic E-state index is 14.0. The lowest BCUT2D eigenvalue weighted by atomic mass is 10.0. The van der Waals surface area contributed by atoms with Gasteiger partial charge in [0.2, 0.25) is 0 Å². The van der Waals surface area contributed by atoms with Crippen molar-refractivity contribution in [3.8, 4) is 0 Å². The standard InChI is InChI=1S/C20H24FN3O2/c1-3-11-23-16-10-9-15(21)12-17(16)24(20(23)26)19(18(25)13-22-2)14-7-5-4-6-8-14/h4-10,12,18-19,22,25H,3,11,13H2,1-2H3. The summed E-state index contributed by atoms with van der Waals surface area (Å²) in [4.78, 5) is 13.2. The van der Waals surface area contributed by atoms with E-state index in [1.165, 1.54) is 16.7 Å². The predicted molar refractivity (Wildman–Crippen MR) is 101 cm³/mol. The minimum absolute atomic E-state index is 0.239. The van der Waals surface area contributed by atoms with E-state index in [4.69, 9.17) is 0 Å². The molecule has 1 aromatic heterocycles. The zero-order valence-corrected chi connectivity index (χ0v) is 15.0. The Morgan fingerprint density at radius 3 is 2.54 bits per heavy atom. The van der Waals surface area contributed by atoms with Crippen molar-refractivity contribution in [1.29, 1.82) is 0 Å². The number of aryl methyl sites for hydroxylation is 1. The van der Waals surface area contributed by atoms with Crippen LogP contribution in [0.5, 0.6) is 0 Å². The van der Waals surface area contributed by atoms with Gasteiger partial charge in [0.1, 0.15) is 5.82 Å². The molecule has 138 valence electrons. The van der Waals surface area contributed by atoms with Crippen LogP contribution < -0.4 is 11.0 Å². The van der Waals surface area contributed by atoms with Gasteiger partial charge in [-0.2, -0.15) is 0 Å². The highest BCUT2D eigenvalue weighted by atomic mass is 19.1. The molecule has 0 aliphatic carbocycles. The number of aliphatic hydroxyl groups is 1. The minimum Gasteiger partial charge on any atom is -0.389 e. The molecule has 26 heavy (non-hydrogen) atoms. The Bertz CT molecular complexity index is 933. The maximum Gasteiger partial charge on any atom is 0.329 e. The molecule has 2 N–H and O–H groups in total. The molecule has 0 radical (unpaired) electrons. The number of aliphatic hydroxyl groups excluding tert-OH is 1. The molecule has 2 atom stereocenters. The molecule has 5 nitrogen and oxygen atoms in total. The van der Waals surface area contributed by atoms with Gasteiger partial charge in [-0.3, -0.25) is 9.13 Å². The van der Waals surface area contributed by atoms with Crippen LogP contribution in [0.2, 0.25) is 0 Å². The zero-order valence-electron chi connectivity index (χ0n) is 15.0. The van der Waals surface area contributed by atoms with Gasteiger partial charge in [-0.15, -0.1) is 0 Å². The van der Waals surface area contributed by atoms with E-state index < -0.39 is 18.0 Å². The van der Waals surface area contributed by atoms with Gasteiger partial charge in [0.15, 0.2) is 0 Å². The average Bonchev–Trinajstić information content (AvgIpc) is 2.89. The number of benzene rings is 2. The van der Waals surface area contributed by atoms with Crippen LogP contribution in [-0.2, 0) is 6.54 Å². The van der Waals surface area contributed by atoms with Crippen LogP contribution in [0.3, 0.4) is 0 Å². The van der Waals surface area contributed by atoms with Gasteiger partial charge in [-0.05, 0) is 37.2 Å². The van der Waals surface area contributed by atoms with Crippen molar-refractivity contribution in [3.63, 3.8) is 0 Å². The Morgan fingerprint density at radius 1 is 1.15 bits per heavy atom. The first-order valence-corrected chi connectivity index (χ1v) is 8.86. The average molecular weight is 357 g/mol. The van der Waals surface area contributed by atoms with Gasteiger partial charge >= 0.3 is 5.69 Å². The molecule has 2 unspecified atom stereocenters. The van der Waals surface area contributed by atoms with E-state index in [1.807, 2.05) is 37.3 Å². The van der Waals surface area contributed by atoms with E-state index in [2.05, 4.69) is 5.32 Å². The lowest BCUT2D eigenvalue weighted by molar-refractivity contribution is 0.130. The summed E-state index contributed by atoms with van der Waals surface area (Å²) >= 11 is 0. The van der Waals surface area contributed by atoms with Crippen LogP contribution in [0.4, 0.5) is 4.39 Å². The first-order chi connectivity index (χ1) is 12.6. The quantitative estimate of drug-likeness (QED) is 0.683. The van der Waals surface area contributed by atoms with Crippen molar-refractivity contribution in [3.05, 3.63) is 70.4 Å². The molecule has 0 fully saturated rings. The van der Waals surface area contributed by atoms with E-state index in [-0.39, 0.29) is 5.69 Å². The smallest absolute Gasteiger partial charge is 0.329 e. The summed E-state index contributed by atoms with van der Waals surface area (Å²) in [6.45, 7) is 2.84. The van der Waals surface area contributed by atoms with Crippen LogP contribution in [0.25, 0.3) is 11.0 Å². The minimum atomic E-state index is -0.843. The Hall–Kier alpha value is -2.44. The fraction of sp³-hybridized carbons (Fsp3) is 0.350. The summed E-state index contributed by atoms with van der Waals surface area (Å²) < 4.78 is 17.1. The van der Waals surface area contributed by atoms with Gasteiger partial charge in [0.25, 0.3) is 0 Å². The molecule has 0 saturated heterocycles. The molecule has 0 spiro atoms. The Balaban J connectivity index is 2.30. The molecule has 3 rings (SSSR count). The molecular formula is C20H24FN3O2. The van der Waals surface area contributed by atoms with Gasteiger partial charge in [0, 0.05) is 13.1 Å². The first-order valence-electron chi connectivity index (χ1n) is 8.86. The van der Waals surface area contributed by atoms with Crippen LogP contribution in [-0.4, -0.2) is 33.9 Å². The summed E-state index contributed by atoms with van der Waals surface area (Å²) in [6, 6.07) is 13.1. The SMILES string of the molecule is CCCn1c(=O)n(C(c2ccccc2)C(O)CNC)c2cc(F)ccc21. The third kappa shape index (κ3) is 3.30. The summed E-state index contributed by atoms with van der Waals surface area (Å²) in [5.74, 6) is -0.408. The second-order valence-corrected chi connectivity index (χ2v) is 6.42. The topological polar surface area (TPSA) is 59.2 Å². The van der Waals surface area contributed by atoms with Crippen molar-refractivity contribution in [2.75, 3.05) is 13.6 Å². The third-order valence-corrected chi connectivity index (χ3v) is 4.57. The number of fused-ring (bicyclic) bond motifs is 1. The lowest BCUT2D eigenvalue weighted by Crippen LogP contribution is -2.38. The molecule has 0 bridgehead atoms. The van der Waals surface area contributed by atoms with Crippen molar-refractivity contribution in [1.82, 2.24) is 14.5 Å². The zero-order chi connectivity index (χ0) is 18.7. The number of nitrogens with zero attached hydrogens (tertiary/aromatic N) is 2. The molecule has 6 heteroatoms. The summed E-state index contributed by atoms with van der Waals surface area (Å²) in [5, 5.41) is 13.7. The summed E-state index contributed by atoms with van der Waals surface area (Å²) in [7, 11) is 1.74. The monoisotopic (exact) mass is 357 g/mol. The summed E-state index contributed by atoms with van der Waals surface area (Å²) in [6.07, 6.45) is -0.0603. The number of likely N-dealkylation sites (N-methyl/N-ethyl adjacent to an activating group) is 1. The number of halogens is 1. The molecule has 3 aromatic rings. The number of aromatic nitrogens is 2. The maximum atomic E-state index is 14.0. The van der Waals surface area contributed by atoms with E-state index in [1.54, 1.807) is 17.7 Å². The lowest BCUT2D eigenvalue weighted by Gasteiger charge is -2.25. The second-order valence-electron chi connectivity index (χ2n) is 6.42. The van der Waals surface area contributed by atoms with E-state index in [0.29, 0.717) is 24.1 Å². The molecular weight excluding hydrogens is 333 g/mol. The molecule has 1 heterocycles. The normalized spacial score (nSPS) is 13.8. The highest BCUT2D eigenvalue weighted by Gasteiger charge is 2.27. The fourth-order valence-corrected chi connectivity index (χ4v) is 3.48. The number of imidazole rings is 1. The van der Waals surface area contributed by atoms with Gasteiger partial charge in [0.05, 0.1) is 23.2 Å². The molecule has 0 aliphatic rings. The second kappa shape index (κ2) is 7.85. The summed E-state index contributed by atoms with van der Waals surface area (Å²) in [5.41, 5.74) is 1.73. The largest absolute Gasteiger partial charge is 0.389 e. The molecule has 2 aromatic carbocycles. The van der Waals surface area contributed by atoms with Crippen molar-refractivity contribution >= 4 is 11.0 Å². The van der Waals surface area contributed by atoms with E-state index in [9.17, 15) is 14.3 Å². The number of rotatable bonds is 7.